The molecule has 0 fully saturated rings. The fourth-order valence-corrected chi connectivity index (χ4v) is 1.55. The summed E-state index contributed by atoms with van der Waals surface area (Å²) >= 11 is 0. The molecule has 0 aliphatic carbocycles. The lowest BCUT2D eigenvalue weighted by molar-refractivity contribution is -0.118. The van der Waals surface area contributed by atoms with Crippen molar-refractivity contribution in [2.75, 3.05) is 0 Å². The van der Waals surface area contributed by atoms with Gasteiger partial charge in [0, 0.05) is 0 Å². The molecule has 2 N–H and O–H groups in total. The number of nitrogens with zero attached hydrogens (tertiary/aromatic N) is 2. The Morgan fingerprint density at radius 1 is 1.50 bits per heavy atom. The van der Waals surface area contributed by atoms with Gasteiger partial charge in [-0.2, -0.15) is 0 Å². The predicted molar refractivity (Wildman–Crippen MR) is 59.9 cm³/mol. The lowest BCUT2D eigenvalue weighted by Gasteiger charge is -2.04. The molecule has 1 heterocycles. The SMILES string of the molecule is Cc1ccc2ncn(CC(N)=O)c(=O)c2c1. The van der Waals surface area contributed by atoms with Crippen LogP contribution in [0.2, 0.25) is 0 Å². The molecule has 0 radical (unpaired) electrons. The third kappa shape index (κ3) is 1.79. The van der Waals surface area contributed by atoms with Gasteiger partial charge in [-0.3, -0.25) is 14.2 Å². The monoisotopic (exact) mass is 217 g/mol. The normalized spacial score (nSPS) is 10.6. The van der Waals surface area contributed by atoms with Crippen molar-refractivity contribution in [3.63, 3.8) is 0 Å². The zero-order valence-corrected chi connectivity index (χ0v) is 8.80. The molecule has 0 spiro atoms. The fourth-order valence-electron chi connectivity index (χ4n) is 1.55. The highest BCUT2D eigenvalue weighted by molar-refractivity contribution is 5.79. The van der Waals surface area contributed by atoms with Crippen molar-refractivity contribution >= 4 is 16.8 Å². The number of primary amides is 1. The second kappa shape index (κ2) is 3.77. The molecule has 0 bridgehead atoms. The number of rotatable bonds is 2. The summed E-state index contributed by atoms with van der Waals surface area (Å²) in [6, 6.07) is 5.41. The molecule has 0 aliphatic heterocycles. The van der Waals surface area contributed by atoms with E-state index in [0.29, 0.717) is 10.9 Å². The van der Waals surface area contributed by atoms with E-state index in [1.165, 1.54) is 10.9 Å². The summed E-state index contributed by atoms with van der Waals surface area (Å²) in [4.78, 5) is 26.8. The van der Waals surface area contributed by atoms with Crippen LogP contribution in [0, 0.1) is 6.92 Å². The molecular formula is C11H11N3O2. The van der Waals surface area contributed by atoms with Crippen LogP contribution in [0.4, 0.5) is 0 Å². The van der Waals surface area contributed by atoms with Crippen LogP contribution in [0.5, 0.6) is 0 Å². The minimum absolute atomic E-state index is 0.143. The molecule has 5 heteroatoms. The molecular weight excluding hydrogens is 206 g/mol. The Bertz CT molecular complexity index is 616. The van der Waals surface area contributed by atoms with E-state index in [1.807, 2.05) is 13.0 Å². The van der Waals surface area contributed by atoms with E-state index in [0.717, 1.165) is 5.56 Å². The first-order valence-electron chi connectivity index (χ1n) is 4.82. The van der Waals surface area contributed by atoms with Gasteiger partial charge in [0.1, 0.15) is 6.54 Å². The van der Waals surface area contributed by atoms with Gasteiger partial charge in [0.15, 0.2) is 0 Å². The van der Waals surface area contributed by atoms with Gasteiger partial charge in [0.25, 0.3) is 5.56 Å². The molecule has 82 valence electrons. The van der Waals surface area contributed by atoms with Gasteiger partial charge >= 0.3 is 0 Å². The predicted octanol–water partition coefficient (Wildman–Crippen LogP) is 0.190. The second-order valence-electron chi connectivity index (χ2n) is 3.66. The van der Waals surface area contributed by atoms with Crippen molar-refractivity contribution in [3.8, 4) is 0 Å². The van der Waals surface area contributed by atoms with E-state index in [1.54, 1.807) is 12.1 Å². The third-order valence-corrected chi connectivity index (χ3v) is 2.31. The van der Waals surface area contributed by atoms with Gasteiger partial charge in [-0.15, -0.1) is 0 Å². The number of carbonyl (C=O) groups is 1. The zero-order valence-electron chi connectivity index (χ0n) is 8.80. The molecule has 2 aromatic rings. The first kappa shape index (κ1) is 10.4. The van der Waals surface area contributed by atoms with E-state index in [9.17, 15) is 9.59 Å². The summed E-state index contributed by atoms with van der Waals surface area (Å²) < 4.78 is 1.21. The van der Waals surface area contributed by atoms with E-state index in [2.05, 4.69) is 4.98 Å². The van der Waals surface area contributed by atoms with Crippen LogP contribution in [0.3, 0.4) is 0 Å². The van der Waals surface area contributed by atoms with E-state index >= 15 is 0 Å². The Morgan fingerprint density at radius 3 is 2.94 bits per heavy atom. The van der Waals surface area contributed by atoms with Crippen LogP contribution < -0.4 is 11.3 Å². The molecule has 16 heavy (non-hydrogen) atoms. The quantitative estimate of drug-likeness (QED) is 0.780. The maximum atomic E-state index is 11.9. The number of hydrogen-bond acceptors (Lipinski definition) is 3. The molecule has 1 aromatic heterocycles. The first-order chi connectivity index (χ1) is 7.58. The van der Waals surface area contributed by atoms with Crippen molar-refractivity contribution in [1.82, 2.24) is 9.55 Å². The standard InChI is InChI=1S/C11H11N3O2/c1-7-2-3-9-8(4-7)11(16)14(6-13-9)5-10(12)15/h2-4,6H,5H2,1H3,(H2,12,15). The Labute approximate surface area is 91.5 Å². The minimum Gasteiger partial charge on any atom is -0.368 e. The second-order valence-corrected chi connectivity index (χ2v) is 3.66. The molecule has 5 nitrogen and oxygen atoms in total. The third-order valence-electron chi connectivity index (χ3n) is 2.31. The topological polar surface area (TPSA) is 78.0 Å². The number of benzene rings is 1. The molecule has 1 amide bonds. The summed E-state index contributed by atoms with van der Waals surface area (Å²) in [6.45, 7) is 1.75. The fraction of sp³-hybridized carbons (Fsp3) is 0.182. The number of fused-ring (bicyclic) bond motifs is 1. The number of amides is 1. The Balaban J connectivity index is 2.68. The van der Waals surface area contributed by atoms with Crippen molar-refractivity contribution in [1.29, 1.82) is 0 Å². The number of aromatic nitrogens is 2. The number of nitrogens with two attached hydrogens (primary N) is 1. The maximum absolute atomic E-state index is 11.9. The van der Waals surface area contributed by atoms with Gasteiger partial charge in [0.2, 0.25) is 5.91 Å². The zero-order chi connectivity index (χ0) is 11.7. The molecule has 1 aromatic carbocycles. The lowest BCUT2D eigenvalue weighted by Crippen LogP contribution is -2.28. The molecule has 0 saturated heterocycles. The van der Waals surface area contributed by atoms with Crippen molar-refractivity contribution in [3.05, 3.63) is 40.4 Å². The summed E-state index contributed by atoms with van der Waals surface area (Å²) in [5.41, 5.74) is 6.39. The number of carbonyl (C=O) groups excluding carboxylic acids is 1. The molecule has 0 saturated carbocycles. The highest BCUT2D eigenvalue weighted by atomic mass is 16.2. The summed E-state index contributed by atoms with van der Waals surface area (Å²) in [6.07, 6.45) is 1.34. The summed E-state index contributed by atoms with van der Waals surface area (Å²) in [5, 5.41) is 0.503. The van der Waals surface area contributed by atoms with Gasteiger partial charge in [-0.25, -0.2) is 4.98 Å². The first-order valence-corrected chi connectivity index (χ1v) is 4.82. The van der Waals surface area contributed by atoms with Gasteiger partial charge in [-0.05, 0) is 19.1 Å². The minimum atomic E-state index is -0.559. The Kier molecular flexibility index (Phi) is 2.44. The Hall–Kier alpha value is -2.17. The largest absolute Gasteiger partial charge is 0.368 e. The Morgan fingerprint density at radius 2 is 2.25 bits per heavy atom. The van der Waals surface area contributed by atoms with Crippen molar-refractivity contribution in [2.45, 2.75) is 13.5 Å². The lowest BCUT2D eigenvalue weighted by atomic mass is 10.2. The number of aryl methyl sites for hydroxylation is 1. The van der Waals surface area contributed by atoms with Crippen molar-refractivity contribution in [2.24, 2.45) is 5.73 Å². The van der Waals surface area contributed by atoms with Gasteiger partial charge in [-0.1, -0.05) is 11.6 Å². The average molecular weight is 217 g/mol. The van der Waals surface area contributed by atoms with Crippen LogP contribution in [-0.4, -0.2) is 15.5 Å². The molecule has 0 unspecified atom stereocenters. The van der Waals surface area contributed by atoms with Crippen molar-refractivity contribution < 1.29 is 4.79 Å². The maximum Gasteiger partial charge on any atom is 0.261 e. The number of hydrogen-bond donors (Lipinski definition) is 1. The van der Waals surface area contributed by atoms with E-state index in [4.69, 9.17) is 5.73 Å². The van der Waals surface area contributed by atoms with E-state index < -0.39 is 5.91 Å². The van der Waals surface area contributed by atoms with Crippen LogP contribution >= 0.6 is 0 Å². The smallest absolute Gasteiger partial charge is 0.261 e. The van der Waals surface area contributed by atoms with E-state index in [-0.39, 0.29) is 12.1 Å². The van der Waals surface area contributed by atoms with Crippen LogP contribution in [0.15, 0.2) is 29.3 Å². The molecule has 0 atom stereocenters. The average Bonchev–Trinajstić information content (AvgIpc) is 2.22. The molecule has 2 rings (SSSR count). The molecule has 0 aliphatic rings. The van der Waals surface area contributed by atoms with Crippen LogP contribution in [-0.2, 0) is 11.3 Å². The van der Waals surface area contributed by atoms with Gasteiger partial charge < -0.3 is 5.73 Å². The highest BCUT2D eigenvalue weighted by Crippen LogP contribution is 2.08. The summed E-state index contributed by atoms with van der Waals surface area (Å²) in [7, 11) is 0. The summed E-state index contributed by atoms with van der Waals surface area (Å²) in [5.74, 6) is -0.559. The van der Waals surface area contributed by atoms with Crippen LogP contribution in [0.1, 0.15) is 5.56 Å². The van der Waals surface area contributed by atoms with Gasteiger partial charge in [0.05, 0.1) is 17.2 Å². The highest BCUT2D eigenvalue weighted by Gasteiger charge is 2.05. The van der Waals surface area contributed by atoms with Crippen LogP contribution in [0.25, 0.3) is 10.9 Å².